The van der Waals surface area contributed by atoms with Crippen LogP contribution in [0.15, 0.2) is 46.5 Å². The number of H-pyrrole nitrogens is 1. The summed E-state index contributed by atoms with van der Waals surface area (Å²) in [6, 6.07) is 9.56. The normalized spacial score (nSPS) is 16.1. The first-order valence-electron chi connectivity index (χ1n) is 9.62. The Morgan fingerprint density at radius 2 is 1.86 bits per heavy atom. The van der Waals surface area contributed by atoms with Gasteiger partial charge in [-0.1, -0.05) is 42.8 Å². The van der Waals surface area contributed by atoms with E-state index in [-0.39, 0.29) is 16.7 Å². The van der Waals surface area contributed by atoms with E-state index < -0.39 is 0 Å². The number of aromatic amines is 1. The quantitative estimate of drug-likeness (QED) is 0.540. The van der Waals surface area contributed by atoms with Crippen LogP contribution in [0.4, 0.5) is 0 Å². The average Bonchev–Trinajstić information content (AvgIpc) is 2.95. The molecule has 1 atom stereocenters. The van der Waals surface area contributed by atoms with Gasteiger partial charge in [0.15, 0.2) is 10.8 Å². The van der Waals surface area contributed by atoms with Crippen LogP contribution in [-0.4, -0.2) is 48.9 Å². The monoisotopic (exact) mass is 397 g/mol. The summed E-state index contributed by atoms with van der Waals surface area (Å²) in [7, 11) is 0. The lowest BCUT2D eigenvalue weighted by atomic mass is 10.2. The van der Waals surface area contributed by atoms with Crippen LogP contribution in [0.1, 0.15) is 32.6 Å². The van der Waals surface area contributed by atoms with Gasteiger partial charge in [0, 0.05) is 13.1 Å². The van der Waals surface area contributed by atoms with Crippen molar-refractivity contribution in [2.75, 3.05) is 13.1 Å². The second kappa shape index (κ2) is 8.18. The smallest absolute Gasteiger partial charge is 0.262 e. The summed E-state index contributed by atoms with van der Waals surface area (Å²) in [6.07, 6.45) is 6.00. The lowest BCUT2D eigenvalue weighted by Crippen LogP contribution is -2.37. The van der Waals surface area contributed by atoms with Crippen molar-refractivity contribution in [3.05, 3.63) is 46.9 Å². The minimum absolute atomic E-state index is 0.103. The molecule has 1 aliphatic rings. The molecule has 0 unspecified atom stereocenters. The largest absolute Gasteiger partial charge is 0.342 e. The molecule has 28 heavy (non-hydrogen) atoms. The van der Waals surface area contributed by atoms with Gasteiger partial charge < -0.3 is 9.88 Å². The molecular formula is C20H23N5O2S. The number of hydrogen-bond donors (Lipinski definition) is 1. The molecule has 0 spiro atoms. The molecule has 1 amide bonds. The molecule has 0 saturated carbocycles. The third-order valence-electron chi connectivity index (χ3n) is 4.97. The fourth-order valence-electron chi connectivity index (χ4n) is 3.48. The van der Waals surface area contributed by atoms with Gasteiger partial charge in [-0.15, -0.1) is 0 Å². The van der Waals surface area contributed by atoms with Gasteiger partial charge in [-0.2, -0.15) is 5.10 Å². The molecule has 8 heteroatoms. The zero-order valence-corrected chi connectivity index (χ0v) is 16.6. The first-order valence-corrected chi connectivity index (χ1v) is 10.5. The number of fused-ring (bicyclic) bond motifs is 1. The van der Waals surface area contributed by atoms with E-state index in [0.717, 1.165) is 31.6 Å². The van der Waals surface area contributed by atoms with Crippen LogP contribution in [-0.2, 0) is 4.79 Å². The maximum absolute atomic E-state index is 12.8. The van der Waals surface area contributed by atoms with Crippen molar-refractivity contribution in [2.45, 2.75) is 43.0 Å². The summed E-state index contributed by atoms with van der Waals surface area (Å²) in [5.41, 5.74) is 1.08. The van der Waals surface area contributed by atoms with Crippen molar-refractivity contribution in [3.8, 4) is 5.69 Å². The number of para-hydroxylation sites is 1. The van der Waals surface area contributed by atoms with Gasteiger partial charge in [-0.25, -0.2) is 9.67 Å². The summed E-state index contributed by atoms with van der Waals surface area (Å²) >= 11 is 1.29. The van der Waals surface area contributed by atoms with Gasteiger partial charge in [0.1, 0.15) is 5.39 Å². The number of amides is 1. The van der Waals surface area contributed by atoms with Crippen molar-refractivity contribution in [2.24, 2.45) is 0 Å². The predicted octanol–water partition coefficient (Wildman–Crippen LogP) is 2.99. The van der Waals surface area contributed by atoms with Crippen LogP contribution in [0.5, 0.6) is 0 Å². The molecule has 146 valence electrons. The summed E-state index contributed by atoms with van der Waals surface area (Å²) in [5.74, 6) is 0.103. The average molecular weight is 398 g/mol. The zero-order valence-electron chi connectivity index (χ0n) is 15.8. The first kappa shape index (κ1) is 18.7. The lowest BCUT2D eigenvalue weighted by molar-refractivity contribution is -0.130. The van der Waals surface area contributed by atoms with E-state index in [2.05, 4.69) is 15.1 Å². The summed E-state index contributed by atoms with van der Waals surface area (Å²) < 4.78 is 1.65. The van der Waals surface area contributed by atoms with Gasteiger partial charge in [0.05, 0.1) is 17.1 Å². The fourth-order valence-corrected chi connectivity index (χ4v) is 4.35. The Morgan fingerprint density at radius 3 is 2.57 bits per heavy atom. The molecule has 1 N–H and O–H groups in total. The number of rotatable bonds is 4. The topological polar surface area (TPSA) is 83.9 Å². The molecule has 1 fully saturated rings. The van der Waals surface area contributed by atoms with Gasteiger partial charge >= 0.3 is 0 Å². The van der Waals surface area contributed by atoms with E-state index in [9.17, 15) is 9.59 Å². The zero-order chi connectivity index (χ0) is 19.5. The Morgan fingerprint density at radius 1 is 1.14 bits per heavy atom. The Labute approximate surface area is 167 Å². The Bertz CT molecular complexity index is 1020. The number of hydrogen-bond acceptors (Lipinski definition) is 5. The van der Waals surface area contributed by atoms with E-state index in [1.165, 1.54) is 30.8 Å². The number of thioether (sulfide) groups is 1. The van der Waals surface area contributed by atoms with E-state index in [1.54, 1.807) is 4.68 Å². The third kappa shape index (κ3) is 3.82. The fraction of sp³-hybridized carbons (Fsp3) is 0.400. The molecule has 1 aromatic carbocycles. The molecule has 0 bridgehead atoms. The predicted molar refractivity (Wildman–Crippen MR) is 110 cm³/mol. The van der Waals surface area contributed by atoms with E-state index in [4.69, 9.17) is 0 Å². The first-order chi connectivity index (χ1) is 13.6. The molecule has 2 aromatic heterocycles. The molecule has 0 radical (unpaired) electrons. The van der Waals surface area contributed by atoms with Gasteiger partial charge in [0.2, 0.25) is 5.91 Å². The van der Waals surface area contributed by atoms with Gasteiger partial charge in [-0.05, 0) is 31.9 Å². The van der Waals surface area contributed by atoms with Crippen LogP contribution in [0.3, 0.4) is 0 Å². The molecule has 3 heterocycles. The van der Waals surface area contributed by atoms with Crippen molar-refractivity contribution in [3.63, 3.8) is 0 Å². The van der Waals surface area contributed by atoms with Crippen LogP contribution in [0, 0.1) is 0 Å². The highest BCUT2D eigenvalue weighted by Gasteiger charge is 2.23. The van der Waals surface area contributed by atoms with Crippen molar-refractivity contribution < 1.29 is 4.79 Å². The summed E-state index contributed by atoms with van der Waals surface area (Å²) in [6.45, 7) is 3.50. The summed E-state index contributed by atoms with van der Waals surface area (Å²) in [4.78, 5) is 34.6. The molecule has 1 aliphatic heterocycles. The SMILES string of the molecule is C[C@H](Sc1nc2c(cnn2-c2ccccc2)c(=O)[nH]1)C(=O)N1CCCCCC1. The number of likely N-dealkylation sites (tertiary alicyclic amines) is 1. The van der Waals surface area contributed by atoms with Crippen molar-refractivity contribution >= 4 is 28.7 Å². The van der Waals surface area contributed by atoms with Crippen molar-refractivity contribution in [1.82, 2.24) is 24.6 Å². The minimum Gasteiger partial charge on any atom is -0.342 e. The highest BCUT2D eigenvalue weighted by Crippen LogP contribution is 2.23. The molecule has 3 aromatic rings. The standard InChI is InChI=1S/C20H23N5O2S/c1-14(19(27)24-11-7-2-3-8-12-24)28-20-22-17-16(18(26)23-20)13-21-25(17)15-9-5-4-6-10-15/h4-6,9-10,13-14H,2-3,7-8,11-12H2,1H3,(H,22,23,26)/t14-/m0/s1. The van der Waals surface area contributed by atoms with Crippen LogP contribution < -0.4 is 5.56 Å². The number of carbonyl (C=O) groups is 1. The highest BCUT2D eigenvalue weighted by molar-refractivity contribution is 8.00. The summed E-state index contributed by atoms with van der Waals surface area (Å²) in [5, 5.41) is 4.87. The Kier molecular flexibility index (Phi) is 5.47. The highest BCUT2D eigenvalue weighted by atomic mass is 32.2. The number of benzene rings is 1. The lowest BCUT2D eigenvalue weighted by Gasteiger charge is -2.23. The van der Waals surface area contributed by atoms with Crippen molar-refractivity contribution in [1.29, 1.82) is 0 Å². The van der Waals surface area contributed by atoms with E-state index in [1.807, 2.05) is 42.2 Å². The third-order valence-corrected chi connectivity index (χ3v) is 5.94. The maximum atomic E-state index is 12.8. The van der Waals surface area contributed by atoms with Gasteiger partial charge in [-0.3, -0.25) is 9.59 Å². The molecule has 7 nitrogen and oxygen atoms in total. The maximum Gasteiger partial charge on any atom is 0.262 e. The van der Waals surface area contributed by atoms with E-state index in [0.29, 0.717) is 16.2 Å². The van der Waals surface area contributed by atoms with Crippen LogP contribution >= 0.6 is 11.8 Å². The van der Waals surface area contributed by atoms with Gasteiger partial charge in [0.25, 0.3) is 5.56 Å². The number of carbonyl (C=O) groups excluding carboxylic acids is 1. The van der Waals surface area contributed by atoms with Crippen LogP contribution in [0.25, 0.3) is 16.7 Å². The second-order valence-corrected chi connectivity index (χ2v) is 8.33. The number of aromatic nitrogens is 4. The number of nitrogens with zero attached hydrogens (tertiary/aromatic N) is 4. The molecule has 1 saturated heterocycles. The number of nitrogens with one attached hydrogen (secondary N) is 1. The van der Waals surface area contributed by atoms with Crippen LogP contribution in [0.2, 0.25) is 0 Å². The minimum atomic E-state index is -0.313. The Hall–Kier alpha value is -2.61. The Balaban J connectivity index is 1.60. The molecule has 0 aliphatic carbocycles. The second-order valence-electron chi connectivity index (χ2n) is 7.00. The molecule has 4 rings (SSSR count). The molecular weight excluding hydrogens is 374 g/mol. The van der Waals surface area contributed by atoms with E-state index >= 15 is 0 Å².